The van der Waals surface area contributed by atoms with E-state index in [0.29, 0.717) is 34.3 Å². The molecule has 0 bridgehead atoms. The van der Waals surface area contributed by atoms with E-state index in [1.165, 1.54) is 0 Å². The van der Waals surface area contributed by atoms with Crippen LogP contribution in [0.4, 0.5) is 5.69 Å². The molecule has 1 unspecified atom stereocenters. The summed E-state index contributed by atoms with van der Waals surface area (Å²) in [4.78, 5) is 13.2. The van der Waals surface area contributed by atoms with Crippen LogP contribution in [0.5, 0.6) is 11.5 Å². The smallest absolute Gasteiger partial charge is 0.279 e. The van der Waals surface area contributed by atoms with Gasteiger partial charge in [0, 0.05) is 5.69 Å². The van der Waals surface area contributed by atoms with Crippen LogP contribution in [-0.2, 0) is 11.3 Å². The van der Waals surface area contributed by atoms with Gasteiger partial charge in [-0.25, -0.2) is 0 Å². The first kappa shape index (κ1) is 19.6. The third-order valence-electron chi connectivity index (χ3n) is 3.81. The Kier molecular flexibility index (Phi) is 6.84. The first-order chi connectivity index (χ1) is 12.5. The fourth-order valence-electron chi connectivity index (χ4n) is 2.64. The zero-order valence-electron chi connectivity index (χ0n) is 14.9. The van der Waals surface area contributed by atoms with Crippen LogP contribution in [0.2, 0.25) is 5.02 Å². The van der Waals surface area contributed by atoms with Crippen LogP contribution < -0.4 is 19.7 Å². The molecule has 2 aromatic carbocycles. The lowest BCUT2D eigenvalue weighted by atomic mass is 10.1. The summed E-state index contributed by atoms with van der Waals surface area (Å²) in [5.74, 6) is 1.19. The number of nitrogens with one attached hydrogen (secondary N) is 2. The monoisotopic (exact) mass is 374 g/mol. The van der Waals surface area contributed by atoms with Crippen LogP contribution in [0.1, 0.15) is 11.1 Å². The summed E-state index contributed by atoms with van der Waals surface area (Å²) < 4.78 is 10.7. The van der Waals surface area contributed by atoms with Gasteiger partial charge in [0.2, 0.25) is 0 Å². The number of nitrogens with zero attached hydrogens (tertiary/aromatic N) is 1. The summed E-state index contributed by atoms with van der Waals surface area (Å²) in [5, 5.41) is 12.0. The molecular weight excluding hydrogens is 354 g/mol. The van der Waals surface area contributed by atoms with Gasteiger partial charge in [-0.1, -0.05) is 17.7 Å². The number of nitriles is 1. The zero-order valence-corrected chi connectivity index (χ0v) is 15.7. The van der Waals surface area contributed by atoms with Crippen molar-refractivity contribution in [2.45, 2.75) is 6.54 Å². The van der Waals surface area contributed by atoms with E-state index in [1.807, 2.05) is 31.3 Å². The Bertz CT molecular complexity index is 833. The van der Waals surface area contributed by atoms with Crippen LogP contribution in [0.3, 0.4) is 0 Å². The van der Waals surface area contributed by atoms with Gasteiger partial charge in [0.15, 0.2) is 18.0 Å². The second kappa shape index (κ2) is 9.09. The number of para-hydroxylation sites is 1. The predicted octanol–water partition coefficient (Wildman–Crippen LogP) is 1.88. The molecule has 136 valence electrons. The minimum absolute atomic E-state index is 0.148. The summed E-state index contributed by atoms with van der Waals surface area (Å²) >= 11 is 5.98. The van der Waals surface area contributed by atoms with Crippen molar-refractivity contribution < 1.29 is 19.2 Å². The van der Waals surface area contributed by atoms with Gasteiger partial charge in [-0.05, 0) is 30.3 Å². The lowest BCUT2D eigenvalue weighted by Gasteiger charge is -2.17. The quantitative estimate of drug-likeness (QED) is 0.776. The van der Waals surface area contributed by atoms with Crippen LogP contribution in [0, 0.1) is 11.3 Å². The maximum Gasteiger partial charge on any atom is 0.279 e. The maximum atomic E-state index is 12.3. The molecule has 0 aromatic heterocycles. The van der Waals surface area contributed by atoms with E-state index in [2.05, 4.69) is 5.32 Å². The number of ether oxygens (including phenoxy) is 2. The van der Waals surface area contributed by atoms with Gasteiger partial charge in [0.05, 0.1) is 37.4 Å². The summed E-state index contributed by atoms with van der Waals surface area (Å²) in [6.07, 6.45) is 0. The van der Waals surface area contributed by atoms with E-state index in [4.69, 9.17) is 26.3 Å². The number of amides is 1. The first-order valence-corrected chi connectivity index (χ1v) is 8.37. The first-order valence-electron chi connectivity index (χ1n) is 7.99. The minimum Gasteiger partial charge on any atom is -0.493 e. The standard InChI is InChI=1S/C19H20ClN3O3/c1-23(11-14-5-4-6-17(25-2)19(14)26-3)12-18(24)22-15-8-7-13(10-21)16(20)9-15/h4-9H,11-12H2,1-3H3,(H,22,24)/p+1. The molecule has 0 spiro atoms. The van der Waals surface area contributed by atoms with Gasteiger partial charge < -0.3 is 19.7 Å². The van der Waals surface area contributed by atoms with Crippen molar-refractivity contribution in [2.75, 3.05) is 33.1 Å². The van der Waals surface area contributed by atoms with Crippen molar-refractivity contribution in [3.05, 3.63) is 52.5 Å². The van der Waals surface area contributed by atoms with E-state index >= 15 is 0 Å². The molecular formula is C19H21ClN3O3+. The molecule has 26 heavy (non-hydrogen) atoms. The molecule has 7 heteroatoms. The molecule has 0 fully saturated rings. The summed E-state index contributed by atoms with van der Waals surface area (Å²) in [6, 6.07) is 12.5. The molecule has 0 saturated heterocycles. The fraction of sp³-hybridized carbons (Fsp3) is 0.263. The van der Waals surface area contributed by atoms with E-state index < -0.39 is 0 Å². The van der Waals surface area contributed by atoms with Crippen molar-refractivity contribution >= 4 is 23.2 Å². The molecule has 0 radical (unpaired) electrons. The number of hydrogen-bond donors (Lipinski definition) is 2. The third-order valence-corrected chi connectivity index (χ3v) is 4.13. The number of hydrogen-bond acceptors (Lipinski definition) is 4. The average Bonchev–Trinajstić information content (AvgIpc) is 2.61. The predicted molar refractivity (Wildman–Crippen MR) is 99.8 cm³/mol. The molecule has 0 aliphatic carbocycles. The highest BCUT2D eigenvalue weighted by Crippen LogP contribution is 2.30. The largest absolute Gasteiger partial charge is 0.493 e. The van der Waals surface area contributed by atoms with Gasteiger partial charge in [-0.15, -0.1) is 0 Å². The van der Waals surface area contributed by atoms with Crippen molar-refractivity contribution in [3.8, 4) is 17.6 Å². The van der Waals surface area contributed by atoms with Gasteiger partial charge in [0.25, 0.3) is 5.91 Å². The Morgan fingerprint density at radius 2 is 2.04 bits per heavy atom. The Balaban J connectivity index is 2.00. The number of carbonyl (C=O) groups is 1. The van der Waals surface area contributed by atoms with E-state index in [1.54, 1.807) is 32.4 Å². The molecule has 2 aromatic rings. The van der Waals surface area contributed by atoms with Gasteiger partial charge in [-0.2, -0.15) is 5.26 Å². The summed E-state index contributed by atoms with van der Waals surface area (Å²) in [7, 11) is 5.11. The molecule has 0 aliphatic heterocycles. The molecule has 1 atom stereocenters. The zero-order chi connectivity index (χ0) is 19.1. The van der Waals surface area contributed by atoms with Crippen LogP contribution in [0.25, 0.3) is 0 Å². The van der Waals surface area contributed by atoms with Crippen LogP contribution in [0.15, 0.2) is 36.4 Å². The third kappa shape index (κ3) is 4.88. The normalized spacial score (nSPS) is 11.3. The number of carbonyl (C=O) groups excluding carboxylic acids is 1. The number of halogens is 1. The SMILES string of the molecule is COc1cccc(C[NH+](C)CC(=O)Nc2ccc(C#N)c(Cl)c2)c1OC. The Morgan fingerprint density at radius 3 is 2.65 bits per heavy atom. The lowest BCUT2D eigenvalue weighted by Crippen LogP contribution is -3.08. The van der Waals surface area contributed by atoms with Gasteiger partial charge >= 0.3 is 0 Å². The van der Waals surface area contributed by atoms with Crippen molar-refractivity contribution in [3.63, 3.8) is 0 Å². The maximum absolute atomic E-state index is 12.3. The second-order valence-corrected chi connectivity index (χ2v) is 6.23. The molecule has 2 rings (SSSR count). The molecule has 0 aliphatic rings. The van der Waals surface area contributed by atoms with E-state index in [9.17, 15) is 4.79 Å². The second-order valence-electron chi connectivity index (χ2n) is 5.82. The average molecular weight is 375 g/mol. The number of rotatable bonds is 7. The number of quaternary nitrogens is 1. The molecule has 0 saturated carbocycles. The number of benzene rings is 2. The number of anilines is 1. The molecule has 1 amide bonds. The van der Waals surface area contributed by atoms with Gasteiger partial charge in [-0.3, -0.25) is 4.79 Å². The summed E-state index contributed by atoms with van der Waals surface area (Å²) in [6.45, 7) is 0.861. The highest BCUT2D eigenvalue weighted by Gasteiger charge is 2.16. The topological polar surface area (TPSA) is 75.8 Å². The number of methoxy groups -OCH3 is 2. The Morgan fingerprint density at radius 1 is 1.27 bits per heavy atom. The molecule has 6 nitrogen and oxygen atoms in total. The molecule has 0 heterocycles. The van der Waals surface area contributed by atoms with Crippen molar-refractivity contribution in [1.29, 1.82) is 5.26 Å². The number of likely N-dealkylation sites (N-methyl/N-ethyl adjacent to an activating group) is 1. The highest BCUT2D eigenvalue weighted by atomic mass is 35.5. The van der Waals surface area contributed by atoms with E-state index in [0.717, 1.165) is 10.5 Å². The Labute approximate surface area is 157 Å². The van der Waals surface area contributed by atoms with Crippen molar-refractivity contribution in [2.24, 2.45) is 0 Å². The lowest BCUT2D eigenvalue weighted by molar-refractivity contribution is -0.885. The molecule has 2 N–H and O–H groups in total. The minimum atomic E-state index is -0.148. The van der Waals surface area contributed by atoms with Crippen LogP contribution >= 0.6 is 11.6 Å². The highest BCUT2D eigenvalue weighted by molar-refractivity contribution is 6.32. The van der Waals surface area contributed by atoms with Crippen LogP contribution in [-0.4, -0.2) is 33.7 Å². The van der Waals surface area contributed by atoms with Crippen molar-refractivity contribution in [1.82, 2.24) is 0 Å². The summed E-state index contributed by atoms with van der Waals surface area (Å²) in [5.41, 5.74) is 1.89. The van der Waals surface area contributed by atoms with Gasteiger partial charge in [0.1, 0.15) is 12.6 Å². The fourth-order valence-corrected chi connectivity index (χ4v) is 2.87. The van der Waals surface area contributed by atoms with E-state index in [-0.39, 0.29) is 12.5 Å². The Hall–Kier alpha value is -2.75.